The molecule has 0 radical (unpaired) electrons. The summed E-state index contributed by atoms with van der Waals surface area (Å²) in [7, 11) is 0. The van der Waals surface area contributed by atoms with Gasteiger partial charge in [-0.1, -0.05) is 19.3 Å². The zero-order valence-corrected chi connectivity index (χ0v) is 12.4. The maximum atomic E-state index is 11.9. The van der Waals surface area contributed by atoms with E-state index in [2.05, 4.69) is 10.6 Å². The highest BCUT2D eigenvalue weighted by Gasteiger charge is 2.18. The van der Waals surface area contributed by atoms with Gasteiger partial charge in [0.2, 0.25) is 18.6 Å². The van der Waals surface area contributed by atoms with E-state index in [0.717, 1.165) is 25.7 Å². The molecule has 0 aromatic heterocycles. The number of anilines is 1. The Bertz CT molecular complexity index is 567. The summed E-state index contributed by atoms with van der Waals surface area (Å²) in [6, 6.07) is 5.38. The highest BCUT2D eigenvalue weighted by atomic mass is 16.7. The van der Waals surface area contributed by atoms with E-state index < -0.39 is 0 Å². The minimum absolute atomic E-state index is 0.162. The third-order valence-corrected chi connectivity index (χ3v) is 3.95. The molecule has 6 nitrogen and oxygen atoms in total. The maximum absolute atomic E-state index is 11.9. The maximum Gasteiger partial charge on any atom is 0.233 e. The largest absolute Gasteiger partial charge is 0.454 e. The van der Waals surface area contributed by atoms with Gasteiger partial charge in [-0.2, -0.15) is 0 Å². The molecule has 22 heavy (non-hydrogen) atoms. The van der Waals surface area contributed by atoms with Crippen LogP contribution in [0, 0.1) is 0 Å². The fourth-order valence-corrected chi connectivity index (χ4v) is 2.85. The van der Waals surface area contributed by atoms with Crippen molar-refractivity contribution in [1.29, 1.82) is 0 Å². The SMILES string of the molecule is O=C(CC(=O)NC1CCCCC1)Nc1ccc2c(c1)OCO2. The van der Waals surface area contributed by atoms with Gasteiger partial charge in [0.25, 0.3) is 0 Å². The van der Waals surface area contributed by atoms with Crippen LogP contribution in [-0.2, 0) is 9.59 Å². The van der Waals surface area contributed by atoms with Crippen molar-refractivity contribution < 1.29 is 19.1 Å². The van der Waals surface area contributed by atoms with E-state index >= 15 is 0 Å². The first-order chi connectivity index (χ1) is 10.7. The lowest BCUT2D eigenvalue weighted by atomic mass is 9.95. The number of rotatable bonds is 4. The first-order valence-electron chi connectivity index (χ1n) is 7.69. The van der Waals surface area contributed by atoms with Gasteiger partial charge in [-0.15, -0.1) is 0 Å². The van der Waals surface area contributed by atoms with Crippen molar-refractivity contribution in [3.05, 3.63) is 18.2 Å². The summed E-state index contributed by atoms with van der Waals surface area (Å²) in [5.41, 5.74) is 0.597. The highest BCUT2D eigenvalue weighted by molar-refractivity contribution is 6.03. The molecule has 1 saturated carbocycles. The second-order valence-corrected chi connectivity index (χ2v) is 5.70. The monoisotopic (exact) mass is 304 g/mol. The summed E-state index contributed by atoms with van der Waals surface area (Å²) in [6.45, 7) is 0.191. The van der Waals surface area contributed by atoms with Crippen molar-refractivity contribution >= 4 is 17.5 Å². The predicted octanol–water partition coefficient (Wildman–Crippen LogP) is 2.19. The molecule has 1 aromatic rings. The lowest BCUT2D eigenvalue weighted by Crippen LogP contribution is -2.37. The summed E-state index contributed by atoms with van der Waals surface area (Å²) in [5, 5.41) is 5.64. The van der Waals surface area contributed by atoms with Gasteiger partial charge < -0.3 is 20.1 Å². The number of hydrogen-bond acceptors (Lipinski definition) is 4. The summed E-state index contributed by atoms with van der Waals surface area (Å²) in [6.07, 6.45) is 5.38. The van der Waals surface area contributed by atoms with Crippen molar-refractivity contribution in [2.75, 3.05) is 12.1 Å². The van der Waals surface area contributed by atoms with Crippen LogP contribution in [-0.4, -0.2) is 24.6 Å². The Hall–Kier alpha value is -2.24. The van der Waals surface area contributed by atoms with Crippen LogP contribution in [0.3, 0.4) is 0 Å². The summed E-state index contributed by atoms with van der Waals surface area (Å²) in [5.74, 6) is 0.717. The molecule has 1 fully saturated rings. The van der Waals surface area contributed by atoms with Crippen LogP contribution in [0.25, 0.3) is 0 Å². The average molecular weight is 304 g/mol. The van der Waals surface area contributed by atoms with Crippen LogP contribution in [0.5, 0.6) is 11.5 Å². The molecular weight excluding hydrogens is 284 g/mol. The molecule has 0 bridgehead atoms. The zero-order chi connectivity index (χ0) is 15.4. The summed E-state index contributed by atoms with van der Waals surface area (Å²) in [4.78, 5) is 23.8. The number of fused-ring (bicyclic) bond motifs is 1. The van der Waals surface area contributed by atoms with Gasteiger partial charge in [0.15, 0.2) is 11.5 Å². The van der Waals surface area contributed by atoms with E-state index in [1.807, 2.05) is 0 Å². The molecule has 0 atom stereocenters. The molecule has 0 saturated heterocycles. The van der Waals surface area contributed by atoms with Crippen molar-refractivity contribution in [2.24, 2.45) is 0 Å². The first-order valence-corrected chi connectivity index (χ1v) is 7.69. The Kier molecular flexibility index (Phi) is 4.46. The van der Waals surface area contributed by atoms with E-state index in [9.17, 15) is 9.59 Å². The molecule has 1 aliphatic carbocycles. The molecule has 118 valence electrons. The van der Waals surface area contributed by atoms with Crippen molar-refractivity contribution in [3.63, 3.8) is 0 Å². The molecule has 6 heteroatoms. The minimum atomic E-state index is -0.327. The van der Waals surface area contributed by atoms with Crippen molar-refractivity contribution in [3.8, 4) is 11.5 Å². The minimum Gasteiger partial charge on any atom is -0.454 e. The number of hydrogen-bond donors (Lipinski definition) is 2. The quantitative estimate of drug-likeness (QED) is 0.836. The van der Waals surface area contributed by atoms with Crippen molar-refractivity contribution in [2.45, 2.75) is 44.6 Å². The van der Waals surface area contributed by atoms with Crippen LogP contribution in [0.15, 0.2) is 18.2 Å². The third kappa shape index (κ3) is 3.69. The average Bonchev–Trinajstić information content (AvgIpc) is 2.95. The van der Waals surface area contributed by atoms with Gasteiger partial charge >= 0.3 is 0 Å². The van der Waals surface area contributed by atoms with Crippen LogP contribution in [0.1, 0.15) is 38.5 Å². The van der Waals surface area contributed by atoms with Crippen molar-refractivity contribution in [1.82, 2.24) is 5.32 Å². The number of ether oxygens (including phenoxy) is 2. The Labute approximate surface area is 129 Å². The Morgan fingerprint density at radius 1 is 1.05 bits per heavy atom. The number of carbonyl (C=O) groups is 2. The Balaban J connectivity index is 1.48. The number of benzene rings is 1. The van der Waals surface area contributed by atoms with Gasteiger partial charge in [0.1, 0.15) is 6.42 Å². The highest BCUT2D eigenvalue weighted by Crippen LogP contribution is 2.34. The van der Waals surface area contributed by atoms with E-state index in [-0.39, 0.29) is 31.1 Å². The molecule has 0 spiro atoms. The molecule has 2 N–H and O–H groups in total. The van der Waals surface area contributed by atoms with Crippen LogP contribution in [0.4, 0.5) is 5.69 Å². The summed E-state index contributed by atoms with van der Waals surface area (Å²) >= 11 is 0. The molecule has 1 aliphatic heterocycles. The van der Waals surface area contributed by atoms with Crippen LogP contribution >= 0.6 is 0 Å². The van der Waals surface area contributed by atoms with Crippen LogP contribution < -0.4 is 20.1 Å². The lowest BCUT2D eigenvalue weighted by Gasteiger charge is -2.22. The molecule has 2 aliphatic rings. The summed E-state index contributed by atoms with van der Waals surface area (Å²) < 4.78 is 10.5. The second kappa shape index (κ2) is 6.68. The smallest absolute Gasteiger partial charge is 0.233 e. The Morgan fingerprint density at radius 3 is 2.64 bits per heavy atom. The molecular formula is C16H20N2O4. The number of nitrogens with one attached hydrogen (secondary N) is 2. The van der Waals surface area contributed by atoms with E-state index in [1.165, 1.54) is 6.42 Å². The third-order valence-electron chi connectivity index (χ3n) is 3.95. The van der Waals surface area contributed by atoms with E-state index in [4.69, 9.17) is 9.47 Å². The fraction of sp³-hybridized carbons (Fsp3) is 0.500. The topological polar surface area (TPSA) is 76.7 Å². The van der Waals surface area contributed by atoms with E-state index in [0.29, 0.717) is 17.2 Å². The Morgan fingerprint density at radius 2 is 1.82 bits per heavy atom. The first kappa shape index (κ1) is 14.7. The fourth-order valence-electron chi connectivity index (χ4n) is 2.85. The molecule has 2 amide bonds. The number of amides is 2. The van der Waals surface area contributed by atoms with Crippen LogP contribution in [0.2, 0.25) is 0 Å². The standard InChI is InChI=1S/C16H20N2O4/c19-15(17-11-4-2-1-3-5-11)9-16(20)18-12-6-7-13-14(8-12)22-10-21-13/h6-8,11H,1-5,9-10H2,(H,17,19)(H,18,20). The van der Waals surface area contributed by atoms with Gasteiger partial charge in [-0.25, -0.2) is 0 Å². The zero-order valence-electron chi connectivity index (χ0n) is 12.4. The number of carbonyl (C=O) groups excluding carboxylic acids is 2. The van der Waals surface area contributed by atoms with Gasteiger partial charge in [-0.05, 0) is 25.0 Å². The van der Waals surface area contributed by atoms with E-state index in [1.54, 1.807) is 18.2 Å². The van der Waals surface area contributed by atoms with Gasteiger partial charge in [0.05, 0.1) is 0 Å². The normalized spacial score (nSPS) is 17.1. The molecule has 1 heterocycles. The second-order valence-electron chi connectivity index (χ2n) is 5.70. The van der Waals surface area contributed by atoms with Gasteiger partial charge in [0, 0.05) is 17.8 Å². The predicted molar refractivity (Wildman–Crippen MR) is 80.8 cm³/mol. The lowest BCUT2D eigenvalue weighted by molar-refractivity contribution is -0.127. The molecule has 1 aromatic carbocycles. The molecule has 0 unspecified atom stereocenters. The molecule has 3 rings (SSSR count). The van der Waals surface area contributed by atoms with Gasteiger partial charge in [-0.3, -0.25) is 9.59 Å².